The Balaban J connectivity index is 3.08. The van der Waals surface area contributed by atoms with Gasteiger partial charge in [0.05, 0.1) is 6.10 Å². The predicted molar refractivity (Wildman–Crippen MR) is 49.5 cm³/mol. The average Bonchev–Trinajstić information content (AvgIpc) is 1.85. The molecule has 0 spiro atoms. The molecule has 11 heavy (non-hydrogen) atoms. The van der Waals surface area contributed by atoms with Crippen molar-refractivity contribution >= 4 is 15.9 Å². The largest absolute Gasteiger partial charge is 0.389 e. The van der Waals surface area contributed by atoms with Crippen molar-refractivity contribution < 1.29 is 5.11 Å². The third-order valence-corrected chi connectivity index (χ3v) is 2.00. The minimum Gasteiger partial charge on any atom is -0.389 e. The highest BCUT2D eigenvalue weighted by molar-refractivity contribution is 9.10. The van der Waals surface area contributed by atoms with Gasteiger partial charge >= 0.3 is 0 Å². The first kappa shape index (κ1) is 8.75. The molecule has 0 aliphatic heterocycles. The molecule has 1 N–H and O–H groups in total. The number of hydrogen-bond donors (Lipinski definition) is 1. The molecule has 0 saturated carbocycles. The van der Waals surface area contributed by atoms with Crippen LogP contribution in [0.5, 0.6) is 0 Å². The first-order valence-electron chi connectivity index (χ1n) is 3.55. The average molecular weight is 215 g/mol. The third kappa shape index (κ3) is 2.31. The van der Waals surface area contributed by atoms with E-state index < -0.39 is 0 Å². The lowest BCUT2D eigenvalue weighted by atomic mass is 10.1. The predicted octanol–water partition coefficient (Wildman–Crippen LogP) is 2.81. The number of aryl methyl sites for hydroxylation is 1. The molecule has 0 heterocycles. The van der Waals surface area contributed by atoms with E-state index in [4.69, 9.17) is 0 Å². The molecule has 0 radical (unpaired) electrons. The van der Waals surface area contributed by atoms with E-state index in [1.807, 2.05) is 25.1 Å². The molecule has 60 valence electrons. The van der Waals surface area contributed by atoms with E-state index in [-0.39, 0.29) is 6.10 Å². The van der Waals surface area contributed by atoms with Gasteiger partial charge in [-0.2, -0.15) is 0 Å². The van der Waals surface area contributed by atoms with Crippen LogP contribution in [0.2, 0.25) is 0 Å². The molecule has 0 aromatic heterocycles. The number of halogens is 1. The Labute approximate surface area is 75.2 Å². The van der Waals surface area contributed by atoms with Crippen molar-refractivity contribution in [2.75, 3.05) is 0 Å². The molecule has 0 aliphatic rings. The van der Waals surface area contributed by atoms with Crippen LogP contribution in [0.1, 0.15) is 24.2 Å². The van der Waals surface area contributed by atoms with Crippen molar-refractivity contribution in [3.8, 4) is 0 Å². The van der Waals surface area contributed by atoms with E-state index in [0.717, 1.165) is 15.6 Å². The molecule has 0 amide bonds. The molecule has 0 bridgehead atoms. The van der Waals surface area contributed by atoms with Crippen molar-refractivity contribution in [1.82, 2.24) is 0 Å². The van der Waals surface area contributed by atoms with E-state index in [9.17, 15) is 5.11 Å². The van der Waals surface area contributed by atoms with Gasteiger partial charge in [-0.3, -0.25) is 0 Å². The molecule has 1 aromatic carbocycles. The Hall–Kier alpha value is -0.340. The van der Waals surface area contributed by atoms with Gasteiger partial charge in [0.1, 0.15) is 0 Å². The van der Waals surface area contributed by atoms with Crippen LogP contribution in [0.15, 0.2) is 22.7 Å². The fourth-order valence-corrected chi connectivity index (χ4v) is 1.63. The topological polar surface area (TPSA) is 20.2 Å². The van der Waals surface area contributed by atoms with Gasteiger partial charge < -0.3 is 5.11 Å². The Morgan fingerprint density at radius 1 is 1.36 bits per heavy atom. The van der Waals surface area contributed by atoms with Gasteiger partial charge in [0.15, 0.2) is 0 Å². The van der Waals surface area contributed by atoms with E-state index in [0.29, 0.717) is 0 Å². The molecule has 1 unspecified atom stereocenters. The van der Waals surface area contributed by atoms with Gasteiger partial charge in [0, 0.05) is 4.47 Å². The molecule has 1 nitrogen and oxygen atoms in total. The second-order valence-electron chi connectivity index (χ2n) is 2.74. The second-order valence-corrected chi connectivity index (χ2v) is 3.65. The standard InChI is InChI=1S/C9H11BrO/c1-6-3-8(7(2)11)5-9(10)4-6/h3-5,7,11H,1-2H3. The van der Waals surface area contributed by atoms with Crippen LogP contribution in [-0.2, 0) is 0 Å². The summed E-state index contributed by atoms with van der Waals surface area (Å²) in [6, 6.07) is 5.93. The van der Waals surface area contributed by atoms with Crippen molar-refractivity contribution in [3.63, 3.8) is 0 Å². The van der Waals surface area contributed by atoms with E-state index >= 15 is 0 Å². The normalized spacial score (nSPS) is 13.1. The third-order valence-electron chi connectivity index (χ3n) is 1.55. The number of rotatable bonds is 1. The second kappa shape index (κ2) is 3.37. The summed E-state index contributed by atoms with van der Waals surface area (Å²) in [7, 11) is 0. The summed E-state index contributed by atoms with van der Waals surface area (Å²) < 4.78 is 1.02. The zero-order valence-corrected chi connectivity index (χ0v) is 8.22. The number of hydrogen-bond acceptors (Lipinski definition) is 1. The first-order chi connectivity index (χ1) is 5.09. The maximum atomic E-state index is 9.25. The van der Waals surface area contributed by atoms with Crippen LogP contribution in [-0.4, -0.2) is 5.11 Å². The van der Waals surface area contributed by atoms with E-state index in [2.05, 4.69) is 15.9 Å². The van der Waals surface area contributed by atoms with E-state index in [1.54, 1.807) is 6.92 Å². The molecule has 1 rings (SSSR count). The van der Waals surface area contributed by atoms with Gasteiger partial charge in [-0.05, 0) is 37.1 Å². The number of aliphatic hydroxyl groups is 1. The van der Waals surface area contributed by atoms with Gasteiger partial charge in [-0.1, -0.05) is 22.0 Å². The Morgan fingerprint density at radius 2 is 2.00 bits per heavy atom. The molecular weight excluding hydrogens is 204 g/mol. The van der Waals surface area contributed by atoms with Crippen molar-refractivity contribution in [2.45, 2.75) is 20.0 Å². The fourth-order valence-electron chi connectivity index (χ4n) is 1.01. The SMILES string of the molecule is Cc1cc(Br)cc(C(C)O)c1. The summed E-state index contributed by atoms with van der Waals surface area (Å²) in [4.78, 5) is 0. The minimum absolute atomic E-state index is 0.383. The van der Waals surface area contributed by atoms with Gasteiger partial charge in [0.2, 0.25) is 0 Å². The zero-order valence-electron chi connectivity index (χ0n) is 6.63. The minimum atomic E-state index is -0.383. The number of aliphatic hydroxyl groups excluding tert-OH is 1. The summed E-state index contributed by atoms with van der Waals surface area (Å²) >= 11 is 3.37. The Bertz CT molecular complexity index is 235. The highest BCUT2D eigenvalue weighted by atomic mass is 79.9. The zero-order chi connectivity index (χ0) is 8.43. The molecule has 0 saturated heterocycles. The summed E-state index contributed by atoms with van der Waals surface area (Å²) in [5.74, 6) is 0. The summed E-state index contributed by atoms with van der Waals surface area (Å²) in [6.45, 7) is 3.78. The lowest BCUT2D eigenvalue weighted by Crippen LogP contribution is -1.91. The number of benzene rings is 1. The fraction of sp³-hybridized carbons (Fsp3) is 0.333. The highest BCUT2D eigenvalue weighted by Gasteiger charge is 2.01. The van der Waals surface area contributed by atoms with Crippen LogP contribution >= 0.6 is 15.9 Å². The van der Waals surface area contributed by atoms with Crippen LogP contribution in [0.4, 0.5) is 0 Å². The first-order valence-corrected chi connectivity index (χ1v) is 4.34. The summed E-state index contributed by atoms with van der Waals surface area (Å²) in [5, 5.41) is 9.25. The molecular formula is C9H11BrO. The maximum Gasteiger partial charge on any atom is 0.0762 e. The van der Waals surface area contributed by atoms with Crippen molar-refractivity contribution in [2.24, 2.45) is 0 Å². The molecule has 0 aliphatic carbocycles. The quantitative estimate of drug-likeness (QED) is 0.763. The van der Waals surface area contributed by atoms with Crippen molar-refractivity contribution in [3.05, 3.63) is 33.8 Å². The van der Waals surface area contributed by atoms with Crippen LogP contribution in [0.3, 0.4) is 0 Å². The van der Waals surface area contributed by atoms with E-state index in [1.165, 1.54) is 0 Å². The highest BCUT2D eigenvalue weighted by Crippen LogP contribution is 2.19. The molecule has 0 fully saturated rings. The van der Waals surface area contributed by atoms with Gasteiger partial charge in [-0.15, -0.1) is 0 Å². The summed E-state index contributed by atoms with van der Waals surface area (Å²) in [5.41, 5.74) is 2.12. The molecule has 2 heteroatoms. The smallest absolute Gasteiger partial charge is 0.0762 e. The van der Waals surface area contributed by atoms with Crippen molar-refractivity contribution in [1.29, 1.82) is 0 Å². The summed E-state index contributed by atoms with van der Waals surface area (Å²) in [6.07, 6.45) is -0.383. The molecule has 1 aromatic rings. The van der Waals surface area contributed by atoms with Gasteiger partial charge in [-0.25, -0.2) is 0 Å². The van der Waals surface area contributed by atoms with Crippen LogP contribution < -0.4 is 0 Å². The Kier molecular flexibility index (Phi) is 2.68. The maximum absolute atomic E-state index is 9.25. The lowest BCUT2D eigenvalue weighted by Gasteiger charge is -2.05. The van der Waals surface area contributed by atoms with Crippen LogP contribution in [0, 0.1) is 6.92 Å². The Morgan fingerprint density at radius 3 is 2.45 bits per heavy atom. The van der Waals surface area contributed by atoms with Gasteiger partial charge in [0.25, 0.3) is 0 Å². The lowest BCUT2D eigenvalue weighted by molar-refractivity contribution is 0.199. The van der Waals surface area contributed by atoms with Crippen LogP contribution in [0.25, 0.3) is 0 Å². The monoisotopic (exact) mass is 214 g/mol. The molecule has 1 atom stereocenters.